The summed E-state index contributed by atoms with van der Waals surface area (Å²) in [6, 6.07) is 5.20. The smallest absolute Gasteiger partial charge is 0.255 e. The molecule has 1 amide bonds. The predicted molar refractivity (Wildman–Crippen MR) is 65.6 cm³/mol. The molecule has 1 aromatic carbocycles. The van der Waals surface area contributed by atoms with Gasteiger partial charge in [0.2, 0.25) is 0 Å². The van der Waals surface area contributed by atoms with Gasteiger partial charge in [0.1, 0.15) is 0 Å². The van der Waals surface area contributed by atoms with Crippen LogP contribution in [0.15, 0.2) is 18.2 Å². The molecule has 0 bridgehead atoms. The van der Waals surface area contributed by atoms with Crippen molar-refractivity contribution in [2.75, 3.05) is 18.8 Å². The predicted octanol–water partition coefficient (Wildman–Crippen LogP) is 2.55. The van der Waals surface area contributed by atoms with E-state index < -0.39 is 0 Å². The standard InChI is InChI=1S/C12H15ClN2O/c13-11-9(5-4-6-10(11)14)12(16)15-7-2-1-3-8-15/h4-6H,1-3,7-8,14H2. The van der Waals surface area contributed by atoms with Gasteiger partial charge in [-0.2, -0.15) is 0 Å². The molecule has 0 spiro atoms. The Kier molecular flexibility index (Phi) is 3.34. The minimum absolute atomic E-state index is 0.00278. The number of nitrogen functional groups attached to an aromatic ring is 1. The molecular formula is C12H15ClN2O. The lowest BCUT2D eigenvalue weighted by atomic mass is 10.1. The number of carbonyl (C=O) groups is 1. The average Bonchev–Trinajstić information content (AvgIpc) is 2.33. The Morgan fingerprint density at radius 2 is 1.94 bits per heavy atom. The van der Waals surface area contributed by atoms with Gasteiger partial charge < -0.3 is 10.6 Å². The van der Waals surface area contributed by atoms with E-state index in [1.807, 2.05) is 4.90 Å². The maximum atomic E-state index is 12.2. The summed E-state index contributed by atoms with van der Waals surface area (Å²) >= 11 is 6.03. The maximum absolute atomic E-state index is 12.2. The van der Waals surface area contributed by atoms with Crippen molar-refractivity contribution in [2.45, 2.75) is 19.3 Å². The third kappa shape index (κ3) is 2.14. The summed E-state index contributed by atoms with van der Waals surface area (Å²) in [5, 5.41) is 0.373. The van der Waals surface area contributed by atoms with Crippen LogP contribution in [0.4, 0.5) is 5.69 Å². The first-order valence-electron chi connectivity index (χ1n) is 5.53. The molecule has 0 radical (unpaired) electrons. The van der Waals surface area contributed by atoms with Crippen LogP contribution in [0.2, 0.25) is 5.02 Å². The number of carbonyl (C=O) groups excluding carboxylic acids is 1. The molecule has 1 aromatic rings. The van der Waals surface area contributed by atoms with Gasteiger partial charge in [0.05, 0.1) is 16.3 Å². The molecule has 1 saturated heterocycles. The number of nitrogens with zero attached hydrogens (tertiary/aromatic N) is 1. The zero-order valence-corrected chi connectivity index (χ0v) is 9.83. The van der Waals surface area contributed by atoms with Crippen molar-refractivity contribution in [2.24, 2.45) is 0 Å². The molecule has 1 aliphatic rings. The molecule has 2 N–H and O–H groups in total. The highest BCUT2D eigenvalue weighted by molar-refractivity contribution is 6.36. The molecule has 3 nitrogen and oxygen atoms in total. The fourth-order valence-electron chi connectivity index (χ4n) is 1.98. The first kappa shape index (κ1) is 11.3. The summed E-state index contributed by atoms with van der Waals surface area (Å²) in [6.45, 7) is 1.65. The maximum Gasteiger partial charge on any atom is 0.255 e. The summed E-state index contributed by atoms with van der Waals surface area (Å²) in [4.78, 5) is 14.0. The van der Waals surface area contributed by atoms with Crippen molar-refractivity contribution >= 4 is 23.2 Å². The number of amides is 1. The van der Waals surface area contributed by atoms with Crippen LogP contribution in [-0.2, 0) is 0 Å². The second-order valence-electron chi connectivity index (χ2n) is 4.06. The Hall–Kier alpha value is -1.22. The molecule has 1 aliphatic heterocycles. The van der Waals surface area contributed by atoms with Gasteiger partial charge in [0.15, 0.2) is 0 Å². The fraction of sp³-hybridized carbons (Fsp3) is 0.417. The lowest BCUT2D eigenvalue weighted by Gasteiger charge is -2.27. The van der Waals surface area contributed by atoms with E-state index in [4.69, 9.17) is 17.3 Å². The molecule has 0 aliphatic carbocycles. The van der Waals surface area contributed by atoms with E-state index >= 15 is 0 Å². The molecule has 1 heterocycles. The molecule has 0 unspecified atom stereocenters. The highest BCUT2D eigenvalue weighted by Gasteiger charge is 2.20. The number of hydrogen-bond acceptors (Lipinski definition) is 2. The highest BCUT2D eigenvalue weighted by atomic mass is 35.5. The van der Waals surface area contributed by atoms with E-state index in [9.17, 15) is 4.79 Å². The first-order chi connectivity index (χ1) is 7.70. The zero-order chi connectivity index (χ0) is 11.5. The van der Waals surface area contributed by atoms with E-state index in [0.29, 0.717) is 16.3 Å². The van der Waals surface area contributed by atoms with E-state index in [2.05, 4.69) is 0 Å². The van der Waals surface area contributed by atoms with Crippen LogP contribution >= 0.6 is 11.6 Å². The number of hydrogen-bond donors (Lipinski definition) is 1. The minimum Gasteiger partial charge on any atom is -0.398 e. The van der Waals surface area contributed by atoms with Gasteiger partial charge in [0.25, 0.3) is 5.91 Å². The lowest BCUT2D eigenvalue weighted by molar-refractivity contribution is 0.0724. The van der Waals surface area contributed by atoms with Gasteiger partial charge in [-0.05, 0) is 31.4 Å². The SMILES string of the molecule is Nc1cccc(C(=O)N2CCCCC2)c1Cl. The van der Waals surface area contributed by atoms with Gasteiger partial charge in [0, 0.05) is 13.1 Å². The van der Waals surface area contributed by atoms with Crippen molar-refractivity contribution in [3.63, 3.8) is 0 Å². The van der Waals surface area contributed by atoms with E-state index in [0.717, 1.165) is 25.9 Å². The summed E-state index contributed by atoms with van der Waals surface area (Å²) in [6.07, 6.45) is 3.35. The van der Waals surface area contributed by atoms with Gasteiger partial charge >= 0.3 is 0 Å². The van der Waals surface area contributed by atoms with Gasteiger partial charge in [-0.15, -0.1) is 0 Å². The van der Waals surface area contributed by atoms with Crippen molar-refractivity contribution in [3.8, 4) is 0 Å². The van der Waals surface area contributed by atoms with Crippen molar-refractivity contribution < 1.29 is 4.79 Å². The summed E-state index contributed by atoms with van der Waals surface area (Å²) < 4.78 is 0. The number of likely N-dealkylation sites (tertiary alicyclic amines) is 1. The quantitative estimate of drug-likeness (QED) is 0.765. The number of benzene rings is 1. The van der Waals surface area contributed by atoms with Crippen molar-refractivity contribution in [1.82, 2.24) is 4.90 Å². The molecule has 0 aromatic heterocycles. The number of halogens is 1. The lowest BCUT2D eigenvalue weighted by Crippen LogP contribution is -2.35. The van der Waals surface area contributed by atoms with Crippen LogP contribution in [0.25, 0.3) is 0 Å². The van der Waals surface area contributed by atoms with Crippen LogP contribution in [0, 0.1) is 0 Å². The van der Waals surface area contributed by atoms with E-state index in [1.165, 1.54) is 6.42 Å². The third-order valence-corrected chi connectivity index (χ3v) is 3.32. The molecule has 86 valence electrons. The zero-order valence-electron chi connectivity index (χ0n) is 9.08. The molecule has 16 heavy (non-hydrogen) atoms. The Labute approximate surface area is 100 Å². The Balaban J connectivity index is 2.22. The number of anilines is 1. The van der Waals surface area contributed by atoms with Crippen LogP contribution in [0.1, 0.15) is 29.6 Å². The van der Waals surface area contributed by atoms with E-state index in [1.54, 1.807) is 18.2 Å². The molecule has 0 saturated carbocycles. The van der Waals surface area contributed by atoms with Crippen molar-refractivity contribution in [3.05, 3.63) is 28.8 Å². The van der Waals surface area contributed by atoms with Crippen LogP contribution in [0.5, 0.6) is 0 Å². The van der Waals surface area contributed by atoms with Gasteiger partial charge in [-0.25, -0.2) is 0 Å². The molecule has 1 fully saturated rings. The minimum atomic E-state index is -0.00278. The van der Waals surface area contributed by atoms with Crippen LogP contribution < -0.4 is 5.73 Å². The average molecular weight is 239 g/mol. The van der Waals surface area contributed by atoms with Crippen LogP contribution in [0.3, 0.4) is 0 Å². The van der Waals surface area contributed by atoms with Gasteiger partial charge in [-0.1, -0.05) is 17.7 Å². The number of rotatable bonds is 1. The molecule has 4 heteroatoms. The Morgan fingerprint density at radius 3 is 2.62 bits per heavy atom. The number of nitrogens with two attached hydrogens (primary N) is 1. The molecular weight excluding hydrogens is 224 g/mol. The normalized spacial score (nSPS) is 16.2. The fourth-order valence-corrected chi connectivity index (χ4v) is 2.19. The topological polar surface area (TPSA) is 46.3 Å². The first-order valence-corrected chi connectivity index (χ1v) is 5.91. The van der Waals surface area contributed by atoms with E-state index in [-0.39, 0.29) is 5.91 Å². The van der Waals surface area contributed by atoms with Crippen LogP contribution in [-0.4, -0.2) is 23.9 Å². The second kappa shape index (κ2) is 4.74. The highest BCUT2D eigenvalue weighted by Crippen LogP contribution is 2.25. The molecule has 0 atom stereocenters. The number of piperidine rings is 1. The van der Waals surface area contributed by atoms with Gasteiger partial charge in [-0.3, -0.25) is 4.79 Å². The monoisotopic (exact) mass is 238 g/mol. The summed E-state index contributed by atoms with van der Waals surface area (Å²) in [5.74, 6) is -0.00278. The molecule has 2 rings (SSSR count). The second-order valence-corrected chi connectivity index (χ2v) is 4.44. The third-order valence-electron chi connectivity index (χ3n) is 2.90. The summed E-state index contributed by atoms with van der Waals surface area (Å²) in [7, 11) is 0. The largest absolute Gasteiger partial charge is 0.398 e. The summed E-state index contributed by atoms with van der Waals surface area (Å²) in [5.41, 5.74) is 6.67. The Morgan fingerprint density at radius 1 is 1.25 bits per heavy atom. The Bertz CT molecular complexity index is 400. The van der Waals surface area contributed by atoms with Crippen molar-refractivity contribution in [1.29, 1.82) is 0 Å².